The van der Waals surface area contributed by atoms with Crippen LogP contribution < -0.4 is 0 Å². The number of pyridine rings is 1. The Morgan fingerprint density at radius 3 is 2.52 bits per heavy atom. The minimum atomic E-state index is -0.221. The van der Waals surface area contributed by atoms with Crippen molar-refractivity contribution in [1.29, 1.82) is 0 Å². The smallest absolute Gasteiger partial charge is 0.242 e. The maximum Gasteiger partial charge on any atom is 0.242 e. The van der Waals surface area contributed by atoms with Crippen LogP contribution >= 0.6 is 0 Å². The fourth-order valence-corrected chi connectivity index (χ4v) is 5.06. The molecule has 0 unspecified atom stereocenters. The van der Waals surface area contributed by atoms with E-state index in [2.05, 4.69) is 60.1 Å². The lowest BCUT2D eigenvalue weighted by Gasteiger charge is -2.41. The molecule has 160 valence electrons. The summed E-state index contributed by atoms with van der Waals surface area (Å²) >= 11 is 0. The highest BCUT2D eigenvalue weighted by Crippen LogP contribution is 2.41. The molecule has 0 radical (unpaired) electrons. The molecule has 2 aliphatic rings. The maximum absolute atomic E-state index is 12.9. The number of aromatic nitrogens is 2. The summed E-state index contributed by atoms with van der Waals surface area (Å²) in [5.74, 6) is 0.159. The van der Waals surface area contributed by atoms with Crippen molar-refractivity contribution >= 4 is 17.5 Å². The van der Waals surface area contributed by atoms with Crippen molar-refractivity contribution in [3.05, 3.63) is 71.7 Å². The van der Waals surface area contributed by atoms with Crippen molar-refractivity contribution in [3.63, 3.8) is 0 Å². The molecule has 31 heavy (non-hydrogen) atoms. The molecular formula is C25H28N4O2. The predicted octanol–water partition coefficient (Wildman–Crippen LogP) is 3.17. The SMILES string of the molecule is Cc1ccc2nc(C3(c4ccccc4)CCN(C(=O)CN4CCCC4=O)CC3)cn2c1. The summed E-state index contributed by atoms with van der Waals surface area (Å²) < 4.78 is 2.10. The number of likely N-dealkylation sites (tertiary alicyclic amines) is 2. The molecule has 2 saturated heterocycles. The topological polar surface area (TPSA) is 57.9 Å². The second-order valence-electron chi connectivity index (χ2n) is 8.85. The number of hydrogen-bond donors (Lipinski definition) is 0. The van der Waals surface area contributed by atoms with Crippen LogP contribution in [-0.2, 0) is 15.0 Å². The van der Waals surface area contributed by atoms with E-state index in [1.165, 1.54) is 11.1 Å². The van der Waals surface area contributed by atoms with Gasteiger partial charge in [0, 0.05) is 43.9 Å². The van der Waals surface area contributed by atoms with Crippen molar-refractivity contribution in [1.82, 2.24) is 19.2 Å². The Kier molecular flexibility index (Phi) is 5.00. The van der Waals surface area contributed by atoms with Gasteiger partial charge in [-0.25, -0.2) is 4.98 Å². The summed E-state index contributed by atoms with van der Waals surface area (Å²) in [5, 5.41) is 0. The van der Waals surface area contributed by atoms with E-state index in [1.54, 1.807) is 4.90 Å². The quantitative estimate of drug-likeness (QED) is 0.656. The van der Waals surface area contributed by atoms with E-state index in [4.69, 9.17) is 4.98 Å². The van der Waals surface area contributed by atoms with E-state index >= 15 is 0 Å². The number of carbonyl (C=O) groups is 2. The van der Waals surface area contributed by atoms with Gasteiger partial charge in [-0.3, -0.25) is 9.59 Å². The van der Waals surface area contributed by atoms with Crippen LogP contribution in [0.15, 0.2) is 54.9 Å². The third-order valence-electron chi connectivity index (χ3n) is 6.88. The molecule has 4 heterocycles. The van der Waals surface area contributed by atoms with Crippen LogP contribution in [0, 0.1) is 6.92 Å². The predicted molar refractivity (Wildman–Crippen MR) is 119 cm³/mol. The minimum absolute atomic E-state index is 0.0579. The van der Waals surface area contributed by atoms with Gasteiger partial charge in [0.15, 0.2) is 0 Å². The Labute approximate surface area is 182 Å². The van der Waals surface area contributed by atoms with E-state index in [9.17, 15) is 9.59 Å². The molecule has 0 spiro atoms. The van der Waals surface area contributed by atoms with Gasteiger partial charge in [0.05, 0.1) is 12.2 Å². The molecule has 0 bridgehead atoms. The van der Waals surface area contributed by atoms with E-state index in [0.29, 0.717) is 26.1 Å². The first kappa shape index (κ1) is 19.8. The number of fused-ring (bicyclic) bond motifs is 1. The third-order valence-corrected chi connectivity index (χ3v) is 6.88. The van der Waals surface area contributed by atoms with Gasteiger partial charge in [-0.2, -0.15) is 0 Å². The first-order valence-corrected chi connectivity index (χ1v) is 11.1. The summed E-state index contributed by atoms with van der Waals surface area (Å²) in [7, 11) is 0. The Morgan fingerprint density at radius 2 is 1.81 bits per heavy atom. The fraction of sp³-hybridized carbons (Fsp3) is 0.400. The van der Waals surface area contributed by atoms with Gasteiger partial charge in [-0.15, -0.1) is 0 Å². The summed E-state index contributed by atoms with van der Waals surface area (Å²) in [6.07, 6.45) is 7.32. The number of rotatable bonds is 4. The molecule has 6 nitrogen and oxygen atoms in total. The maximum atomic E-state index is 12.9. The Hall–Kier alpha value is -3.15. The number of carbonyl (C=O) groups excluding carboxylic acids is 2. The zero-order valence-corrected chi connectivity index (χ0v) is 18.0. The fourth-order valence-electron chi connectivity index (χ4n) is 5.06. The van der Waals surface area contributed by atoms with E-state index in [-0.39, 0.29) is 23.8 Å². The van der Waals surface area contributed by atoms with Crippen LogP contribution in [0.4, 0.5) is 0 Å². The van der Waals surface area contributed by atoms with Crippen LogP contribution in [0.3, 0.4) is 0 Å². The zero-order valence-electron chi connectivity index (χ0n) is 18.0. The molecule has 3 aromatic rings. The third kappa shape index (κ3) is 3.60. The summed E-state index contributed by atoms with van der Waals surface area (Å²) in [6, 6.07) is 14.7. The number of benzene rings is 1. The van der Waals surface area contributed by atoms with Crippen molar-refractivity contribution < 1.29 is 9.59 Å². The van der Waals surface area contributed by atoms with Gasteiger partial charge < -0.3 is 14.2 Å². The second-order valence-corrected chi connectivity index (χ2v) is 8.85. The van der Waals surface area contributed by atoms with Crippen LogP contribution in [0.25, 0.3) is 5.65 Å². The van der Waals surface area contributed by atoms with Gasteiger partial charge in [-0.1, -0.05) is 36.4 Å². The molecule has 2 fully saturated rings. The lowest BCUT2D eigenvalue weighted by Crippen LogP contribution is -2.49. The van der Waals surface area contributed by atoms with Crippen LogP contribution in [-0.4, -0.2) is 57.2 Å². The van der Waals surface area contributed by atoms with Gasteiger partial charge in [0.25, 0.3) is 0 Å². The highest BCUT2D eigenvalue weighted by Gasteiger charge is 2.41. The molecule has 0 saturated carbocycles. The lowest BCUT2D eigenvalue weighted by atomic mass is 9.70. The molecule has 2 aromatic heterocycles. The average molecular weight is 417 g/mol. The van der Waals surface area contributed by atoms with Gasteiger partial charge in [-0.05, 0) is 43.4 Å². The molecule has 2 amide bonds. The first-order valence-electron chi connectivity index (χ1n) is 11.1. The van der Waals surface area contributed by atoms with Gasteiger partial charge >= 0.3 is 0 Å². The minimum Gasteiger partial charge on any atom is -0.341 e. The van der Waals surface area contributed by atoms with Crippen molar-refractivity contribution in [3.8, 4) is 0 Å². The van der Waals surface area contributed by atoms with E-state index in [0.717, 1.165) is 30.6 Å². The van der Waals surface area contributed by atoms with Crippen LogP contribution in [0.2, 0.25) is 0 Å². The number of aryl methyl sites for hydroxylation is 1. The van der Waals surface area contributed by atoms with Crippen LogP contribution in [0.5, 0.6) is 0 Å². The van der Waals surface area contributed by atoms with Crippen molar-refractivity contribution in [2.75, 3.05) is 26.2 Å². The Morgan fingerprint density at radius 1 is 1.03 bits per heavy atom. The number of imidazole rings is 1. The molecule has 2 aliphatic heterocycles. The molecule has 1 aromatic carbocycles. The first-order chi connectivity index (χ1) is 15.0. The standard InChI is InChI=1S/C25H28N4O2/c1-19-9-10-22-26-21(17-29(22)16-19)25(20-6-3-2-4-7-20)11-14-27(15-12-25)24(31)18-28-13-5-8-23(28)30/h2-4,6-7,9-10,16-17H,5,8,11-15,18H2,1H3. The average Bonchev–Trinajstić information content (AvgIpc) is 3.40. The molecule has 6 heteroatoms. The zero-order chi connectivity index (χ0) is 21.4. The molecule has 5 rings (SSSR count). The number of piperidine rings is 1. The van der Waals surface area contributed by atoms with Crippen LogP contribution in [0.1, 0.15) is 42.5 Å². The second kappa shape index (κ2) is 7.84. The molecular weight excluding hydrogens is 388 g/mol. The summed E-state index contributed by atoms with van der Waals surface area (Å²) in [5.41, 5.74) is 4.23. The van der Waals surface area contributed by atoms with E-state index < -0.39 is 0 Å². The highest BCUT2D eigenvalue weighted by atomic mass is 16.2. The Bertz CT molecular complexity index is 1110. The summed E-state index contributed by atoms with van der Waals surface area (Å²) in [6.45, 7) is 4.34. The Balaban J connectivity index is 1.42. The highest BCUT2D eigenvalue weighted by molar-refractivity contribution is 5.86. The molecule has 0 N–H and O–H groups in total. The van der Waals surface area contributed by atoms with Crippen molar-refractivity contribution in [2.24, 2.45) is 0 Å². The van der Waals surface area contributed by atoms with Gasteiger partial charge in [0.1, 0.15) is 5.65 Å². The lowest BCUT2D eigenvalue weighted by molar-refractivity contribution is -0.139. The normalized spacial score (nSPS) is 18.7. The molecule has 0 aliphatic carbocycles. The largest absolute Gasteiger partial charge is 0.341 e. The van der Waals surface area contributed by atoms with Crippen molar-refractivity contribution in [2.45, 2.75) is 38.0 Å². The number of amides is 2. The molecule has 0 atom stereocenters. The van der Waals surface area contributed by atoms with E-state index in [1.807, 2.05) is 11.0 Å². The van der Waals surface area contributed by atoms with Gasteiger partial charge in [0.2, 0.25) is 11.8 Å². The number of nitrogens with zero attached hydrogens (tertiary/aromatic N) is 4. The monoisotopic (exact) mass is 416 g/mol. The summed E-state index contributed by atoms with van der Waals surface area (Å²) in [4.78, 5) is 33.4. The number of hydrogen-bond acceptors (Lipinski definition) is 3.